The molecule has 2 aromatic rings. The lowest BCUT2D eigenvalue weighted by atomic mass is 9.87. The summed E-state index contributed by atoms with van der Waals surface area (Å²) in [6.45, 7) is 7.10. The molecular weight excluding hydrogens is 356 g/mol. The highest BCUT2D eigenvalue weighted by Gasteiger charge is 2.33. The number of nitrogens with zero attached hydrogens (tertiary/aromatic N) is 1. The molecular formula is C22H24N2O4. The molecule has 0 fully saturated rings. The molecule has 0 unspecified atom stereocenters. The predicted octanol–water partition coefficient (Wildman–Crippen LogP) is 3.02. The smallest absolute Gasteiger partial charge is 0.261 e. The standard InChI is InChI=1S/C22H24N2O4/c1-22(2,3)15-6-8-16(9-7-15)28-12-11-23-19(25)14-5-10-17-18(13-14)21(27)24(4)20(17)26/h5-10,13H,11-12H2,1-4H3,(H,23,25). The van der Waals surface area contributed by atoms with Crippen LogP contribution in [-0.2, 0) is 5.41 Å². The molecule has 0 aromatic heterocycles. The molecule has 28 heavy (non-hydrogen) atoms. The summed E-state index contributed by atoms with van der Waals surface area (Å²) in [7, 11) is 1.43. The number of hydrogen-bond acceptors (Lipinski definition) is 4. The number of benzene rings is 2. The Morgan fingerprint density at radius 1 is 1.00 bits per heavy atom. The van der Waals surface area contributed by atoms with Crippen LogP contribution in [0.25, 0.3) is 0 Å². The van der Waals surface area contributed by atoms with E-state index in [2.05, 4.69) is 26.1 Å². The lowest BCUT2D eigenvalue weighted by Crippen LogP contribution is -2.28. The number of carbonyl (C=O) groups excluding carboxylic acids is 3. The van der Waals surface area contributed by atoms with Crippen molar-refractivity contribution in [3.05, 3.63) is 64.7 Å². The molecule has 0 bridgehead atoms. The Morgan fingerprint density at radius 2 is 1.64 bits per heavy atom. The zero-order valence-corrected chi connectivity index (χ0v) is 16.5. The molecule has 146 valence electrons. The Bertz CT molecular complexity index is 927. The molecule has 6 heteroatoms. The van der Waals surface area contributed by atoms with Crippen molar-refractivity contribution in [2.75, 3.05) is 20.2 Å². The third kappa shape index (κ3) is 3.91. The maximum Gasteiger partial charge on any atom is 0.261 e. The fourth-order valence-corrected chi connectivity index (χ4v) is 2.99. The van der Waals surface area contributed by atoms with Crippen LogP contribution >= 0.6 is 0 Å². The van der Waals surface area contributed by atoms with Crippen molar-refractivity contribution in [1.82, 2.24) is 10.2 Å². The number of hydrogen-bond donors (Lipinski definition) is 1. The van der Waals surface area contributed by atoms with Gasteiger partial charge in [-0.2, -0.15) is 0 Å². The van der Waals surface area contributed by atoms with Crippen LogP contribution in [0.4, 0.5) is 0 Å². The topological polar surface area (TPSA) is 75.7 Å². The van der Waals surface area contributed by atoms with Crippen molar-refractivity contribution in [1.29, 1.82) is 0 Å². The van der Waals surface area contributed by atoms with E-state index < -0.39 is 5.91 Å². The van der Waals surface area contributed by atoms with Crippen LogP contribution in [0, 0.1) is 0 Å². The summed E-state index contributed by atoms with van der Waals surface area (Å²) in [5.41, 5.74) is 2.23. The molecule has 2 aromatic carbocycles. The second kappa shape index (κ2) is 7.46. The van der Waals surface area contributed by atoms with Crippen molar-refractivity contribution in [2.45, 2.75) is 26.2 Å². The van der Waals surface area contributed by atoms with E-state index >= 15 is 0 Å². The summed E-state index contributed by atoms with van der Waals surface area (Å²) < 4.78 is 5.66. The highest BCUT2D eigenvalue weighted by Crippen LogP contribution is 2.24. The van der Waals surface area contributed by atoms with Crippen molar-refractivity contribution < 1.29 is 19.1 Å². The van der Waals surface area contributed by atoms with E-state index in [-0.39, 0.29) is 22.8 Å². The molecule has 0 aliphatic carbocycles. The van der Waals surface area contributed by atoms with Gasteiger partial charge in [-0.05, 0) is 41.3 Å². The van der Waals surface area contributed by atoms with Gasteiger partial charge in [-0.3, -0.25) is 19.3 Å². The Hall–Kier alpha value is -3.15. The van der Waals surface area contributed by atoms with Gasteiger partial charge >= 0.3 is 0 Å². The maximum atomic E-state index is 12.3. The van der Waals surface area contributed by atoms with Crippen molar-refractivity contribution >= 4 is 17.7 Å². The summed E-state index contributed by atoms with van der Waals surface area (Å²) in [6.07, 6.45) is 0. The van der Waals surface area contributed by atoms with Crippen LogP contribution < -0.4 is 10.1 Å². The fourth-order valence-electron chi connectivity index (χ4n) is 2.99. The van der Waals surface area contributed by atoms with Crippen LogP contribution in [0.3, 0.4) is 0 Å². The number of rotatable bonds is 5. The second-order valence-corrected chi connectivity index (χ2v) is 7.81. The van der Waals surface area contributed by atoms with Crippen molar-refractivity contribution in [3.8, 4) is 5.75 Å². The van der Waals surface area contributed by atoms with Crippen LogP contribution in [0.15, 0.2) is 42.5 Å². The first-order chi connectivity index (χ1) is 13.2. The Labute approximate surface area is 164 Å². The van der Waals surface area contributed by atoms with Gasteiger partial charge in [-0.15, -0.1) is 0 Å². The minimum atomic E-state index is -0.392. The summed E-state index contributed by atoms with van der Waals surface area (Å²) in [4.78, 5) is 37.3. The van der Waals surface area contributed by atoms with Crippen LogP contribution in [0.2, 0.25) is 0 Å². The molecule has 0 atom stereocenters. The molecule has 1 aliphatic rings. The molecule has 3 amide bonds. The van der Waals surface area contributed by atoms with Gasteiger partial charge in [0.25, 0.3) is 17.7 Å². The van der Waals surface area contributed by atoms with E-state index in [4.69, 9.17) is 4.74 Å². The zero-order chi connectivity index (χ0) is 20.5. The van der Waals surface area contributed by atoms with Crippen LogP contribution in [0.5, 0.6) is 5.75 Å². The van der Waals surface area contributed by atoms with Crippen LogP contribution in [-0.4, -0.2) is 42.8 Å². The predicted molar refractivity (Wildman–Crippen MR) is 106 cm³/mol. The Balaban J connectivity index is 1.53. The monoisotopic (exact) mass is 380 g/mol. The van der Waals surface area contributed by atoms with Gasteiger partial charge in [-0.1, -0.05) is 32.9 Å². The van der Waals surface area contributed by atoms with Gasteiger partial charge in [0.15, 0.2) is 0 Å². The van der Waals surface area contributed by atoms with E-state index in [9.17, 15) is 14.4 Å². The average molecular weight is 380 g/mol. The quantitative estimate of drug-likeness (QED) is 0.639. The Kier molecular flexibility index (Phi) is 5.23. The molecule has 6 nitrogen and oxygen atoms in total. The number of nitrogens with one attached hydrogen (secondary N) is 1. The lowest BCUT2D eigenvalue weighted by molar-refractivity contribution is 0.0693. The molecule has 3 rings (SSSR count). The van der Waals surface area contributed by atoms with Gasteiger partial charge in [-0.25, -0.2) is 0 Å². The first kappa shape index (κ1) is 19.6. The molecule has 1 N–H and O–H groups in total. The summed E-state index contributed by atoms with van der Waals surface area (Å²) in [5.74, 6) is -0.314. The van der Waals surface area contributed by atoms with E-state index in [1.807, 2.05) is 24.3 Å². The third-order valence-electron chi connectivity index (χ3n) is 4.73. The molecule has 0 saturated heterocycles. The van der Waals surface area contributed by atoms with Gasteiger partial charge in [0, 0.05) is 12.6 Å². The van der Waals surface area contributed by atoms with Gasteiger partial charge in [0.2, 0.25) is 0 Å². The van der Waals surface area contributed by atoms with Crippen molar-refractivity contribution in [2.24, 2.45) is 0 Å². The normalized spacial score (nSPS) is 13.5. The Morgan fingerprint density at radius 3 is 2.29 bits per heavy atom. The zero-order valence-electron chi connectivity index (χ0n) is 16.5. The van der Waals surface area contributed by atoms with Gasteiger partial charge in [0.1, 0.15) is 12.4 Å². The molecule has 0 saturated carbocycles. The summed E-state index contributed by atoms with van der Waals surface area (Å²) in [5, 5.41) is 2.76. The van der Waals surface area contributed by atoms with Gasteiger partial charge in [0.05, 0.1) is 17.7 Å². The number of imide groups is 1. The first-order valence-corrected chi connectivity index (χ1v) is 9.16. The number of carbonyl (C=O) groups is 3. The molecule has 1 heterocycles. The first-order valence-electron chi connectivity index (χ1n) is 9.16. The summed E-state index contributed by atoms with van der Waals surface area (Å²) >= 11 is 0. The highest BCUT2D eigenvalue weighted by atomic mass is 16.5. The molecule has 1 aliphatic heterocycles. The number of amides is 3. The van der Waals surface area contributed by atoms with E-state index in [1.54, 1.807) is 6.07 Å². The maximum absolute atomic E-state index is 12.3. The fraction of sp³-hybridized carbons (Fsp3) is 0.318. The minimum Gasteiger partial charge on any atom is -0.492 e. The SMILES string of the molecule is CN1C(=O)c2ccc(C(=O)NCCOc3ccc(C(C)(C)C)cc3)cc2C1=O. The third-order valence-corrected chi connectivity index (χ3v) is 4.73. The molecule has 0 spiro atoms. The summed E-state index contributed by atoms with van der Waals surface area (Å²) in [6, 6.07) is 12.4. The lowest BCUT2D eigenvalue weighted by Gasteiger charge is -2.19. The number of ether oxygens (including phenoxy) is 1. The van der Waals surface area contributed by atoms with E-state index in [0.717, 1.165) is 10.6 Å². The van der Waals surface area contributed by atoms with Crippen molar-refractivity contribution in [3.63, 3.8) is 0 Å². The van der Waals surface area contributed by atoms with E-state index in [0.29, 0.717) is 24.3 Å². The largest absolute Gasteiger partial charge is 0.492 e. The average Bonchev–Trinajstić information content (AvgIpc) is 2.88. The minimum absolute atomic E-state index is 0.0865. The van der Waals surface area contributed by atoms with E-state index in [1.165, 1.54) is 24.7 Å². The van der Waals surface area contributed by atoms with Gasteiger partial charge < -0.3 is 10.1 Å². The van der Waals surface area contributed by atoms with Crippen LogP contribution in [0.1, 0.15) is 57.4 Å². The number of fused-ring (bicyclic) bond motifs is 1. The molecule has 0 radical (unpaired) electrons. The highest BCUT2D eigenvalue weighted by molar-refractivity contribution is 6.21. The second-order valence-electron chi connectivity index (χ2n) is 7.81.